The quantitative estimate of drug-likeness (QED) is 0.0274. The zero-order valence-electron chi connectivity index (χ0n) is 79.2. The first-order valence-electron chi connectivity index (χ1n) is 45.7. The van der Waals surface area contributed by atoms with E-state index in [2.05, 4.69) is 138 Å². The van der Waals surface area contributed by atoms with Gasteiger partial charge in [-0.05, 0) is 151 Å². The molecule has 8 aliphatic rings. The number of amides is 6. The summed E-state index contributed by atoms with van der Waals surface area (Å²) in [6.45, 7) is 33.3. The summed E-state index contributed by atoms with van der Waals surface area (Å²) < 4.78 is 22.4. The largest absolute Gasteiger partial charge is 0.469 e. The summed E-state index contributed by atoms with van der Waals surface area (Å²) in [5, 5.41) is 51.3. The third kappa shape index (κ3) is 21.1. The smallest absolute Gasteiger partial charge is 0.308 e. The number of β-amino-alcohol motifs (C(OH)–C–C–N with tert-alkyl or cyclic N) is 2. The molecule has 0 saturated carbocycles. The number of anilines is 2. The minimum Gasteiger partial charge on any atom is -0.469 e. The first kappa shape index (κ1) is 97.3. The Labute approximate surface area is 797 Å². The Bertz CT molecular complexity index is 5620. The van der Waals surface area contributed by atoms with Gasteiger partial charge in [0.25, 0.3) is 0 Å². The van der Waals surface area contributed by atoms with Crippen LogP contribution in [0.15, 0.2) is 138 Å². The highest BCUT2D eigenvalue weighted by atomic mass is 32.1. The second-order valence-corrected chi connectivity index (χ2v) is 42.4. The number of hydrogen-bond donors (Lipinski definition) is 6. The Morgan fingerprint density at radius 1 is 0.478 bits per heavy atom. The molecule has 4 fully saturated rings. The van der Waals surface area contributed by atoms with E-state index in [9.17, 15) is 48.6 Å². The van der Waals surface area contributed by atoms with E-state index in [4.69, 9.17) is 28.9 Å². The summed E-state index contributed by atoms with van der Waals surface area (Å²) in [6, 6.07) is 26.9. The monoisotopic (exact) mass is 1900 g/mol. The molecule has 0 spiro atoms. The van der Waals surface area contributed by atoms with Gasteiger partial charge in [0.2, 0.25) is 35.4 Å². The number of aryl methyl sites for hydroxylation is 4. The Morgan fingerprint density at radius 2 is 0.836 bits per heavy atom. The molecule has 708 valence electrons. The fourth-order valence-corrected chi connectivity index (χ4v) is 23.2. The van der Waals surface area contributed by atoms with Crippen LogP contribution < -0.4 is 31.1 Å². The summed E-state index contributed by atoms with van der Waals surface area (Å²) in [6.07, 6.45) is -0.481. The van der Waals surface area contributed by atoms with Crippen molar-refractivity contribution in [1.29, 1.82) is 0 Å². The number of nitrogens with zero attached hydrogens (tertiary/aromatic N) is 12. The molecular formula is C100H120N16O14S4. The molecule has 0 bridgehead atoms. The summed E-state index contributed by atoms with van der Waals surface area (Å²) in [7, 11) is 2.76. The fourth-order valence-electron chi connectivity index (χ4n) is 18.9. The molecule has 12 heterocycles. The molecular weight excluding hydrogens is 1780 g/mol. The lowest BCUT2D eigenvalue weighted by molar-refractivity contribution is -0.145. The third-order valence-corrected chi connectivity index (χ3v) is 31.1. The Morgan fingerprint density at radius 3 is 1.17 bits per heavy atom. The summed E-state index contributed by atoms with van der Waals surface area (Å²) in [4.78, 5) is 141. The van der Waals surface area contributed by atoms with Crippen molar-refractivity contribution >= 4 is 138 Å². The lowest BCUT2D eigenvalue weighted by Gasteiger charge is -2.35. The van der Waals surface area contributed by atoms with E-state index in [-0.39, 0.29) is 112 Å². The van der Waals surface area contributed by atoms with Gasteiger partial charge < -0.3 is 70.0 Å². The Balaban J connectivity index is 0.000000204. The van der Waals surface area contributed by atoms with Crippen molar-refractivity contribution in [3.63, 3.8) is 0 Å². The number of likely N-dealkylation sites (tertiary alicyclic amines) is 2. The second kappa shape index (κ2) is 40.7. The van der Waals surface area contributed by atoms with Crippen LogP contribution in [-0.4, -0.2) is 239 Å². The summed E-state index contributed by atoms with van der Waals surface area (Å²) >= 11 is 6.61. The van der Waals surface area contributed by atoms with Crippen molar-refractivity contribution in [2.75, 3.05) is 76.5 Å². The van der Waals surface area contributed by atoms with Crippen molar-refractivity contribution in [3.8, 4) is 20.9 Å². The Hall–Kier alpha value is -11.2. The standard InChI is InChI=1S/2C50H60N8O7S2/c2*1-26-30(5)67-46-41(26)43(53-37(21-40(61)64-9)44-42(46)28(3)55-56-44)32-14-16-34(17-15-32)57-19-18-36(23-57)65-24-39(60)54-47(50(6,7)8)49(63)58-22-35(59)20-38(58)48(62)52-27(2)31-10-12-33(13-11-31)45-29(4)51-25-66-45/h2*10-17,25,27,35-38,42,47,59H,18-24H2,1-9H3,(H,52,62)(H,54,60)/t27-,35+,36+,37-,38-,42?,47+;27-,35+,36-,37-,38-,42?,47+/m00/s1. The molecule has 30 nitrogen and oxygen atoms in total. The predicted octanol–water partition coefficient (Wildman–Crippen LogP) is 12.9. The fraction of sp³-hybridized carbons (Fsp3) is 0.480. The molecule has 14 atom stereocenters. The van der Waals surface area contributed by atoms with Gasteiger partial charge in [0.1, 0.15) is 49.5 Å². The summed E-state index contributed by atoms with van der Waals surface area (Å²) in [5.41, 5.74) is 21.3. The molecule has 0 radical (unpaired) electrons. The molecule has 8 aliphatic heterocycles. The van der Waals surface area contributed by atoms with Crippen molar-refractivity contribution in [1.82, 2.24) is 41.0 Å². The van der Waals surface area contributed by atoms with Crippen LogP contribution >= 0.6 is 45.3 Å². The number of esters is 2. The maximum Gasteiger partial charge on any atom is 0.308 e. The van der Waals surface area contributed by atoms with E-state index in [1.807, 2.05) is 143 Å². The van der Waals surface area contributed by atoms with Crippen molar-refractivity contribution in [3.05, 3.63) is 183 Å². The van der Waals surface area contributed by atoms with E-state index in [1.54, 1.807) is 45.3 Å². The minimum atomic E-state index is -0.973. The number of rotatable bonds is 26. The lowest BCUT2D eigenvalue weighted by Crippen LogP contribution is -2.58. The van der Waals surface area contributed by atoms with Crippen LogP contribution in [0.3, 0.4) is 0 Å². The number of aliphatic hydroxyl groups excluding tert-OH is 2. The first-order chi connectivity index (χ1) is 63.8. The van der Waals surface area contributed by atoms with Crippen LogP contribution in [0.5, 0.6) is 0 Å². The first-order valence-corrected chi connectivity index (χ1v) is 49.1. The van der Waals surface area contributed by atoms with Crippen LogP contribution in [0.2, 0.25) is 0 Å². The van der Waals surface area contributed by atoms with Gasteiger partial charge in [-0.3, -0.25) is 48.3 Å². The van der Waals surface area contributed by atoms with Crippen molar-refractivity contribution < 1.29 is 67.5 Å². The molecule has 134 heavy (non-hydrogen) atoms. The van der Waals surface area contributed by atoms with E-state index >= 15 is 0 Å². The number of thiazole rings is 2. The highest BCUT2D eigenvalue weighted by Gasteiger charge is 2.49. The molecule has 2 unspecified atom stereocenters. The molecule has 6 amide bonds. The van der Waals surface area contributed by atoms with E-state index in [0.717, 1.165) is 145 Å². The number of aliphatic hydroxyl groups is 2. The predicted molar refractivity (Wildman–Crippen MR) is 525 cm³/mol. The number of fused-ring (bicyclic) bond motifs is 6. The van der Waals surface area contributed by atoms with Gasteiger partial charge in [-0.1, -0.05) is 114 Å². The van der Waals surface area contributed by atoms with Gasteiger partial charge in [-0.25, -0.2) is 9.97 Å². The van der Waals surface area contributed by atoms with Gasteiger partial charge in [0, 0.05) is 105 Å². The number of carbonyl (C=O) groups excluding carboxylic acids is 8. The number of nitrogens with one attached hydrogen (secondary N) is 4. The molecule has 4 aromatic heterocycles. The molecule has 6 N–H and O–H groups in total. The number of benzene rings is 4. The number of thiophene rings is 2. The van der Waals surface area contributed by atoms with E-state index in [1.165, 1.54) is 33.8 Å². The number of hydrogen-bond acceptors (Lipinski definition) is 28. The molecule has 4 aromatic carbocycles. The number of carbonyl (C=O) groups is 8. The Kier molecular flexibility index (Phi) is 29.6. The van der Waals surface area contributed by atoms with Crippen molar-refractivity contribution in [2.24, 2.45) is 41.2 Å². The zero-order valence-corrected chi connectivity index (χ0v) is 82.4. The lowest BCUT2D eigenvalue weighted by atomic mass is 9.85. The maximum absolute atomic E-state index is 14.3. The van der Waals surface area contributed by atoms with Gasteiger partial charge in [0.15, 0.2) is 0 Å². The highest BCUT2D eigenvalue weighted by molar-refractivity contribution is 7.14. The third-order valence-electron chi connectivity index (χ3n) is 26.6. The molecule has 0 aliphatic carbocycles. The number of ether oxygens (including phenoxy) is 4. The van der Waals surface area contributed by atoms with Crippen LogP contribution in [-0.2, 0) is 57.3 Å². The normalized spacial score (nSPS) is 22.2. The molecule has 8 aromatic rings. The van der Waals surface area contributed by atoms with Crippen LogP contribution in [0.1, 0.15) is 207 Å². The van der Waals surface area contributed by atoms with Gasteiger partial charge in [0.05, 0.1) is 142 Å². The van der Waals surface area contributed by atoms with Gasteiger partial charge in [-0.2, -0.15) is 20.4 Å². The van der Waals surface area contributed by atoms with E-state index < -0.39 is 82.9 Å². The highest BCUT2D eigenvalue weighted by Crippen LogP contribution is 2.46. The van der Waals surface area contributed by atoms with Crippen LogP contribution in [0.4, 0.5) is 11.4 Å². The zero-order chi connectivity index (χ0) is 95.8. The average molecular weight is 1900 g/mol. The molecule has 34 heteroatoms. The van der Waals surface area contributed by atoms with E-state index in [0.29, 0.717) is 25.9 Å². The average Bonchev–Trinajstić information content (AvgIpc) is 1.59. The SMILES string of the molecule is COC(=O)C[C@@H]1N=C(c2ccc(N3CC[C@@H](OCC(=O)N[C@H](C(=O)N4C[C@H](O)C[C@H]4C(=O)N[C@@H](C)c4ccc(-c5scnc5C)cc4)C(C)(C)C)C3)cc2)c2c(sc(C)c2C)C2C(C)=NN=C21.COC(=O)C[C@@H]1N=C(c2ccc(N3CC[C@H](OCC(=O)N[C@H](C(=O)N4C[C@H](O)C[C@H]4C(=O)N[C@@H](C)c4ccc(-c5scnc5C)cc4)C(C)(C)C)C3)cc2)c2c(sc(C)c2C)C2C(C)=NN=C21. The van der Waals surface area contributed by atoms with Crippen LogP contribution in [0.25, 0.3) is 20.9 Å². The maximum atomic E-state index is 14.3. The minimum absolute atomic E-state index is 0.0182. The topological polar surface area (TPSA) is 375 Å². The molecule has 4 saturated heterocycles. The summed E-state index contributed by atoms with van der Waals surface area (Å²) in [5.74, 6) is -3.46. The number of methoxy groups -OCH3 is 2. The van der Waals surface area contributed by atoms with Gasteiger partial charge >= 0.3 is 11.9 Å². The molecule has 16 rings (SSSR count). The number of aromatic nitrogens is 2. The van der Waals surface area contributed by atoms with Gasteiger partial charge in [-0.15, -0.1) is 45.3 Å². The van der Waals surface area contributed by atoms with Crippen LogP contribution in [0, 0.1) is 52.4 Å². The number of aliphatic imine (C=N–C) groups is 2. The second-order valence-electron chi connectivity index (χ2n) is 38.2. The van der Waals surface area contributed by atoms with Crippen molar-refractivity contribution in [2.45, 2.75) is 234 Å².